The van der Waals surface area contributed by atoms with Crippen molar-refractivity contribution in [3.05, 3.63) is 12.4 Å². The number of hydrogen-bond acceptors (Lipinski definition) is 5. The molecule has 17 heavy (non-hydrogen) atoms. The largest absolute Gasteiger partial charge is 0.474 e. The minimum atomic E-state index is 0.0894. The molecule has 0 fully saturated rings. The molecule has 0 bridgehead atoms. The van der Waals surface area contributed by atoms with Crippen LogP contribution in [0.25, 0.3) is 0 Å². The zero-order chi connectivity index (χ0) is 12.5. The molecule has 0 radical (unpaired) electrons. The van der Waals surface area contributed by atoms with E-state index < -0.39 is 0 Å². The molecular formula is C11H18ClN3O2. The molecule has 0 unspecified atom stereocenters. The van der Waals surface area contributed by atoms with Gasteiger partial charge in [0.15, 0.2) is 0 Å². The van der Waals surface area contributed by atoms with Gasteiger partial charge < -0.3 is 14.8 Å². The summed E-state index contributed by atoms with van der Waals surface area (Å²) in [7, 11) is 0. The van der Waals surface area contributed by atoms with Gasteiger partial charge >= 0.3 is 0 Å². The molecule has 0 atom stereocenters. The van der Waals surface area contributed by atoms with Crippen molar-refractivity contribution in [2.45, 2.75) is 20.0 Å². The van der Waals surface area contributed by atoms with E-state index in [0.717, 1.165) is 0 Å². The third-order valence-electron chi connectivity index (χ3n) is 1.74. The maximum Gasteiger partial charge on any atom is 0.234 e. The van der Waals surface area contributed by atoms with Crippen molar-refractivity contribution >= 4 is 17.4 Å². The Hall–Kier alpha value is -1.07. The standard InChI is InChI=1S/C11H18ClN3O2/c1-9(2)17-11-8-13-7-10(15-11)14-4-6-16-5-3-12/h7-9H,3-6H2,1-2H3,(H,14,15). The second-order valence-electron chi connectivity index (χ2n) is 3.64. The van der Waals surface area contributed by atoms with Crippen LogP contribution in [0.4, 0.5) is 5.82 Å². The van der Waals surface area contributed by atoms with Gasteiger partial charge in [0, 0.05) is 12.4 Å². The highest BCUT2D eigenvalue weighted by molar-refractivity contribution is 6.17. The Kier molecular flexibility index (Phi) is 6.65. The normalized spacial score (nSPS) is 10.6. The topological polar surface area (TPSA) is 56.3 Å². The molecule has 0 aliphatic carbocycles. The quantitative estimate of drug-likeness (QED) is 0.571. The van der Waals surface area contributed by atoms with E-state index in [0.29, 0.717) is 37.3 Å². The monoisotopic (exact) mass is 259 g/mol. The maximum atomic E-state index is 5.48. The predicted molar refractivity (Wildman–Crippen MR) is 67.8 cm³/mol. The van der Waals surface area contributed by atoms with E-state index in [1.807, 2.05) is 13.8 Å². The van der Waals surface area contributed by atoms with Gasteiger partial charge in [0.2, 0.25) is 5.88 Å². The fraction of sp³-hybridized carbons (Fsp3) is 0.636. The Morgan fingerprint density at radius 2 is 2.18 bits per heavy atom. The molecule has 1 aromatic heterocycles. The molecule has 0 saturated carbocycles. The highest BCUT2D eigenvalue weighted by Gasteiger charge is 2.01. The van der Waals surface area contributed by atoms with Crippen LogP contribution in [0, 0.1) is 0 Å². The molecule has 1 rings (SSSR count). The van der Waals surface area contributed by atoms with Crippen molar-refractivity contribution in [3.8, 4) is 5.88 Å². The van der Waals surface area contributed by atoms with E-state index in [1.54, 1.807) is 12.4 Å². The van der Waals surface area contributed by atoms with Crippen molar-refractivity contribution in [2.24, 2.45) is 0 Å². The summed E-state index contributed by atoms with van der Waals surface area (Å²) in [5, 5.41) is 3.10. The Bertz CT molecular complexity index is 323. The van der Waals surface area contributed by atoms with Crippen LogP contribution in [0.15, 0.2) is 12.4 Å². The number of rotatable bonds is 8. The Balaban J connectivity index is 2.32. The van der Waals surface area contributed by atoms with Crippen LogP contribution in [0.5, 0.6) is 5.88 Å². The molecule has 1 aromatic rings. The third kappa shape index (κ3) is 6.28. The van der Waals surface area contributed by atoms with Gasteiger partial charge in [-0.15, -0.1) is 11.6 Å². The second-order valence-corrected chi connectivity index (χ2v) is 4.02. The predicted octanol–water partition coefficient (Wildman–Crippen LogP) is 1.93. The first-order valence-electron chi connectivity index (χ1n) is 5.58. The average Bonchev–Trinajstić information content (AvgIpc) is 2.28. The number of ether oxygens (including phenoxy) is 2. The zero-order valence-electron chi connectivity index (χ0n) is 10.1. The minimum absolute atomic E-state index is 0.0894. The first-order valence-corrected chi connectivity index (χ1v) is 6.12. The molecule has 0 amide bonds. The SMILES string of the molecule is CC(C)Oc1cncc(NCCOCCCl)n1. The van der Waals surface area contributed by atoms with Gasteiger partial charge in [-0.25, -0.2) is 0 Å². The van der Waals surface area contributed by atoms with Gasteiger partial charge in [-0.2, -0.15) is 4.98 Å². The fourth-order valence-corrected chi connectivity index (χ4v) is 1.25. The first-order chi connectivity index (χ1) is 8.22. The van der Waals surface area contributed by atoms with Gasteiger partial charge in [-0.3, -0.25) is 4.98 Å². The molecule has 5 nitrogen and oxygen atoms in total. The highest BCUT2D eigenvalue weighted by Crippen LogP contribution is 2.10. The first kappa shape index (κ1) is 14.0. The van der Waals surface area contributed by atoms with E-state index in [-0.39, 0.29) is 6.10 Å². The Morgan fingerprint density at radius 3 is 2.88 bits per heavy atom. The van der Waals surface area contributed by atoms with Gasteiger partial charge in [-0.05, 0) is 13.8 Å². The summed E-state index contributed by atoms with van der Waals surface area (Å²) in [6.45, 7) is 5.70. The van der Waals surface area contributed by atoms with E-state index >= 15 is 0 Å². The fourth-order valence-electron chi connectivity index (χ4n) is 1.14. The summed E-state index contributed by atoms with van der Waals surface area (Å²) < 4.78 is 10.7. The zero-order valence-corrected chi connectivity index (χ0v) is 10.9. The molecule has 6 heteroatoms. The van der Waals surface area contributed by atoms with Gasteiger partial charge in [0.25, 0.3) is 0 Å². The van der Waals surface area contributed by atoms with Crippen LogP contribution in [-0.4, -0.2) is 41.7 Å². The van der Waals surface area contributed by atoms with Gasteiger partial charge in [-0.1, -0.05) is 0 Å². The number of anilines is 1. The van der Waals surface area contributed by atoms with Gasteiger partial charge in [0.1, 0.15) is 5.82 Å². The lowest BCUT2D eigenvalue weighted by Crippen LogP contribution is -2.13. The molecule has 1 N–H and O–H groups in total. The molecule has 0 saturated heterocycles. The van der Waals surface area contributed by atoms with Crippen molar-refractivity contribution in [2.75, 3.05) is 31.0 Å². The Labute approximate surface area is 107 Å². The molecular weight excluding hydrogens is 242 g/mol. The third-order valence-corrected chi connectivity index (χ3v) is 1.90. The second kappa shape index (κ2) is 8.08. The molecule has 0 aliphatic heterocycles. The lowest BCUT2D eigenvalue weighted by molar-refractivity contribution is 0.160. The lowest BCUT2D eigenvalue weighted by atomic mass is 10.5. The smallest absolute Gasteiger partial charge is 0.234 e. The van der Waals surface area contributed by atoms with Crippen molar-refractivity contribution in [3.63, 3.8) is 0 Å². The summed E-state index contributed by atoms with van der Waals surface area (Å²) in [5.74, 6) is 1.71. The number of aromatic nitrogens is 2. The lowest BCUT2D eigenvalue weighted by Gasteiger charge is -2.10. The molecule has 0 spiro atoms. The minimum Gasteiger partial charge on any atom is -0.474 e. The van der Waals surface area contributed by atoms with E-state index in [2.05, 4.69) is 15.3 Å². The number of alkyl halides is 1. The molecule has 0 aliphatic rings. The van der Waals surface area contributed by atoms with E-state index in [4.69, 9.17) is 21.1 Å². The molecule has 1 heterocycles. The highest BCUT2D eigenvalue weighted by atomic mass is 35.5. The van der Waals surface area contributed by atoms with Gasteiger partial charge in [0.05, 0.1) is 31.7 Å². The summed E-state index contributed by atoms with van der Waals surface area (Å²) >= 11 is 5.48. The average molecular weight is 260 g/mol. The number of hydrogen-bond donors (Lipinski definition) is 1. The van der Waals surface area contributed by atoms with Crippen LogP contribution in [0.1, 0.15) is 13.8 Å². The van der Waals surface area contributed by atoms with E-state index in [1.165, 1.54) is 0 Å². The van der Waals surface area contributed by atoms with Crippen molar-refractivity contribution < 1.29 is 9.47 Å². The van der Waals surface area contributed by atoms with Crippen LogP contribution in [0.3, 0.4) is 0 Å². The maximum absolute atomic E-state index is 5.48. The van der Waals surface area contributed by atoms with Crippen LogP contribution >= 0.6 is 11.6 Å². The summed E-state index contributed by atoms with van der Waals surface area (Å²) in [4.78, 5) is 8.29. The molecule has 0 aromatic carbocycles. The number of nitrogens with one attached hydrogen (secondary N) is 1. The van der Waals surface area contributed by atoms with E-state index in [9.17, 15) is 0 Å². The summed E-state index contributed by atoms with van der Waals surface area (Å²) in [5.41, 5.74) is 0. The molecule has 96 valence electrons. The number of nitrogens with zero attached hydrogens (tertiary/aromatic N) is 2. The van der Waals surface area contributed by atoms with Crippen molar-refractivity contribution in [1.82, 2.24) is 9.97 Å². The van der Waals surface area contributed by atoms with Crippen LogP contribution in [0.2, 0.25) is 0 Å². The van der Waals surface area contributed by atoms with Crippen LogP contribution < -0.4 is 10.1 Å². The summed E-state index contributed by atoms with van der Waals surface area (Å²) in [6.07, 6.45) is 3.33. The van der Waals surface area contributed by atoms with Crippen LogP contribution in [-0.2, 0) is 4.74 Å². The summed E-state index contributed by atoms with van der Waals surface area (Å²) in [6, 6.07) is 0. The Morgan fingerprint density at radius 1 is 1.35 bits per heavy atom. The number of halogens is 1. The van der Waals surface area contributed by atoms with Crippen molar-refractivity contribution in [1.29, 1.82) is 0 Å².